The van der Waals surface area contributed by atoms with Crippen LogP contribution in [0.4, 0.5) is 0 Å². The zero-order valence-corrected chi connectivity index (χ0v) is 11.1. The van der Waals surface area contributed by atoms with E-state index in [9.17, 15) is 0 Å². The lowest BCUT2D eigenvalue weighted by atomic mass is 10.1. The Morgan fingerprint density at radius 3 is 3.19 bits per heavy atom. The second kappa shape index (κ2) is 4.37. The van der Waals surface area contributed by atoms with Gasteiger partial charge in [-0.1, -0.05) is 11.3 Å². The lowest BCUT2D eigenvalue weighted by Gasteiger charge is -2.26. The largest absolute Gasteiger partial charge is 0.280 e. The number of hydrogen-bond acceptors (Lipinski definition) is 5. The van der Waals surface area contributed by atoms with E-state index in [-0.39, 0.29) is 0 Å². The van der Waals surface area contributed by atoms with Crippen molar-refractivity contribution in [3.05, 3.63) is 31.4 Å². The molecule has 0 amide bonds. The van der Waals surface area contributed by atoms with Gasteiger partial charge in [0.2, 0.25) is 0 Å². The minimum Gasteiger partial charge on any atom is -0.280 e. The fourth-order valence-electron chi connectivity index (χ4n) is 1.94. The van der Waals surface area contributed by atoms with Gasteiger partial charge in [0.05, 0.1) is 6.67 Å². The van der Waals surface area contributed by atoms with Crippen LogP contribution in [0.5, 0.6) is 0 Å². The van der Waals surface area contributed by atoms with Crippen LogP contribution in [0.15, 0.2) is 17.0 Å². The van der Waals surface area contributed by atoms with Crippen molar-refractivity contribution >= 4 is 34.9 Å². The molecule has 0 saturated carbocycles. The van der Waals surface area contributed by atoms with Crippen LogP contribution in [0, 0.1) is 3.95 Å². The van der Waals surface area contributed by atoms with E-state index in [1.165, 1.54) is 21.8 Å². The maximum Gasteiger partial charge on any atom is 0.180 e. The molecule has 3 nitrogen and oxygen atoms in total. The summed E-state index contributed by atoms with van der Waals surface area (Å²) in [6.45, 7) is 2.95. The molecule has 16 heavy (non-hydrogen) atoms. The van der Waals surface area contributed by atoms with Gasteiger partial charge in [-0.05, 0) is 35.6 Å². The molecule has 1 aliphatic rings. The minimum absolute atomic E-state index is 0.817. The standard InChI is InChI=1S/C10H11N3S3/c14-10-13(11-6-16-10)7-12-3-1-9-8(5-12)2-4-15-9/h2,4,6H,1,3,5,7H2. The number of nitrogens with zero attached hydrogens (tertiary/aromatic N) is 3. The topological polar surface area (TPSA) is 21.1 Å². The van der Waals surface area contributed by atoms with E-state index in [1.54, 1.807) is 0 Å². The summed E-state index contributed by atoms with van der Waals surface area (Å²) in [4.78, 5) is 3.93. The molecule has 2 aromatic rings. The highest BCUT2D eigenvalue weighted by Crippen LogP contribution is 2.24. The smallest absolute Gasteiger partial charge is 0.180 e. The van der Waals surface area contributed by atoms with Gasteiger partial charge in [0, 0.05) is 18.0 Å². The van der Waals surface area contributed by atoms with Gasteiger partial charge in [0.25, 0.3) is 0 Å². The summed E-state index contributed by atoms with van der Waals surface area (Å²) in [5.74, 6) is 0. The molecule has 3 heterocycles. The summed E-state index contributed by atoms with van der Waals surface area (Å²) in [6, 6.07) is 2.23. The Balaban J connectivity index is 1.75. The van der Waals surface area contributed by atoms with Crippen molar-refractivity contribution in [1.29, 1.82) is 0 Å². The van der Waals surface area contributed by atoms with Gasteiger partial charge in [-0.2, -0.15) is 5.10 Å². The molecule has 0 fully saturated rings. The van der Waals surface area contributed by atoms with Crippen molar-refractivity contribution < 1.29 is 0 Å². The first-order valence-electron chi connectivity index (χ1n) is 5.11. The van der Waals surface area contributed by atoms with Crippen molar-refractivity contribution in [3.63, 3.8) is 0 Å². The van der Waals surface area contributed by atoms with Crippen LogP contribution < -0.4 is 0 Å². The monoisotopic (exact) mass is 269 g/mol. The average molecular weight is 269 g/mol. The SMILES string of the molecule is S=c1scnn1CN1CCc2sccc2C1. The molecule has 6 heteroatoms. The lowest BCUT2D eigenvalue weighted by Crippen LogP contribution is -2.31. The molecule has 0 N–H and O–H groups in total. The molecular weight excluding hydrogens is 258 g/mol. The van der Waals surface area contributed by atoms with E-state index in [1.807, 2.05) is 21.5 Å². The van der Waals surface area contributed by atoms with Crippen molar-refractivity contribution in [3.8, 4) is 0 Å². The predicted molar refractivity (Wildman–Crippen MR) is 69.4 cm³/mol. The maximum atomic E-state index is 5.21. The van der Waals surface area contributed by atoms with Crippen LogP contribution in [0.1, 0.15) is 10.4 Å². The Morgan fingerprint density at radius 2 is 2.38 bits per heavy atom. The lowest BCUT2D eigenvalue weighted by molar-refractivity contribution is 0.190. The summed E-state index contributed by atoms with van der Waals surface area (Å²) in [6.07, 6.45) is 1.16. The molecule has 1 aliphatic heterocycles. The third-order valence-corrected chi connectivity index (χ3v) is 4.91. The van der Waals surface area contributed by atoms with E-state index >= 15 is 0 Å². The second-order valence-electron chi connectivity index (χ2n) is 3.82. The van der Waals surface area contributed by atoms with Gasteiger partial charge in [0.1, 0.15) is 5.51 Å². The van der Waals surface area contributed by atoms with Crippen molar-refractivity contribution in [2.75, 3.05) is 6.54 Å². The highest BCUT2D eigenvalue weighted by molar-refractivity contribution is 7.73. The molecule has 0 atom stereocenters. The number of fused-ring (bicyclic) bond motifs is 1. The van der Waals surface area contributed by atoms with Crippen LogP contribution in [-0.4, -0.2) is 21.2 Å². The fourth-order valence-corrected chi connectivity index (χ4v) is 3.55. The Hall–Kier alpha value is -0.560. The van der Waals surface area contributed by atoms with Crippen LogP contribution in [0.25, 0.3) is 0 Å². The van der Waals surface area contributed by atoms with Gasteiger partial charge in [-0.3, -0.25) is 4.90 Å². The third-order valence-electron chi connectivity index (χ3n) is 2.77. The van der Waals surface area contributed by atoms with Crippen molar-refractivity contribution in [1.82, 2.24) is 14.7 Å². The molecule has 0 aromatic carbocycles. The third kappa shape index (κ3) is 1.98. The summed E-state index contributed by atoms with van der Waals surface area (Å²) in [5.41, 5.74) is 3.28. The molecule has 0 unspecified atom stereocenters. The van der Waals surface area contributed by atoms with E-state index in [0.717, 1.165) is 30.1 Å². The Morgan fingerprint density at radius 1 is 1.44 bits per heavy atom. The molecule has 84 valence electrons. The average Bonchev–Trinajstić information content (AvgIpc) is 2.88. The number of rotatable bonds is 2. The summed E-state index contributed by atoms with van der Waals surface area (Å²) in [5, 5.41) is 6.43. The second-order valence-corrected chi connectivity index (χ2v) is 6.30. The van der Waals surface area contributed by atoms with E-state index < -0.39 is 0 Å². The summed E-state index contributed by atoms with van der Waals surface area (Å²) in [7, 11) is 0. The van der Waals surface area contributed by atoms with Crippen LogP contribution >= 0.6 is 34.9 Å². The number of hydrogen-bond donors (Lipinski definition) is 0. The van der Waals surface area contributed by atoms with E-state index in [2.05, 4.69) is 21.4 Å². The van der Waals surface area contributed by atoms with Gasteiger partial charge in [-0.15, -0.1) is 11.3 Å². The summed E-state index contributed by atoms with van der Waals surface area (Å²) >= 11 is 8.60. The quantitative estimate of drug-likeness (QED) is 0.782. The minimum atomic E-state index is 0.817. The zero-order valence-electron chi connectivity index (χ0n) is 8.63. The van der Waals surface area contributed by atoms with Gasteiger partial charge < -0.3 is 0 Å². The predicted octanol–water partition coefficient (Wildman–Crippen LogP) is 2.75. The number of thiophene rings is 1. The first-order valence-corrected chi connectivity index (χ1v) is 7.28. The molecule has 2 aromatic heterocycles. The molecule has 3 rings (SSSR count). The Kier molecular flexibility index (Phi) is 2.89. The van der Waals surface area contributed by atoms with Crippen LogP contribution in [0.2, 0.25) is 0 Å². The Bertz CT molecular complexity index is 539. The van der Waals surface area contributed by atoms with E-state index in [4.69, 9.17) is 12.2 Å². The maximum absolute atomic E-state index is 5.21. The van der Waals surface area contributed by atoms with Gasteiger partial charge in [-0.25, -0.2) is 4.68 Å². The van der Waals surface area contributed by atoms with E-state index in [0.29, 0.717) is 0 Å². The molecule has 0 bridgehead atoms. The van der Waals surface area contributed by atoms with Crippen molar-refractivity contribution in [2.24, 2.45) is 0 Å². The fraction of sp³-hybridized carbons (Fsp3) is 0.400. The molecule has 0 spiro atoms. The molecular formula is C10H11N3S3. The molecule has 0 aliphatic carbocycles. The first kappa shape index (κ1) is 10.6. The van der Waals surface area contributed by atoms with Crippen LogP contribution in [0.3, 0.4) is 0 Å². The van der Waals surface area contributed by atoms with Crippen LogP contribution in [-0.2, 0) is 19.6 Å². The number of aromatic nitrogens is 2. The zero-order chi connectivity index (χ0) is 11.0. The molecule has 0 saturated heterocycles. The normalized spacial score (nSPS) is 16.2. The first-order chi connectivity index (χ1) is 7.83. The Labute approximate surface area is 107 Å². The van der Waals surface area contributed by atoms with Gasteiger partial charge in [0.15, 0.2) is 3.95 Å². The summed E-state index contributed by atoms with van der Waals surface area (Å²) < 4.78 is 2.76. The van der Waals surface area contributed by atoms with Crippen molar-refractivity contribution in [2.45, 2.75) is 19.6 Å². The highest BCUT2D eigenvalue weighted by atomic mass is 32.1. The van der Waals surface area contributed by atoms with Gasteiger partial charge >= 0.3 is 0 Å². The highest BCUT2D eigenvalue weighted by Gasteiger charge is 2.17. The molecule has 0 radical (unpaired) electrons.